The molecule has 26 heavy (non-hydrogen) atoms. The fourth-order valence-corrected chi connectivity index (χ4v) is 3.07. The number of urea groups is 1. The monoisotopic (exact) mass is 364 g/mol. The molecule has 1 aliphatic rings. The summed E-state index contributed by atoms with van der Waals surface area (Å²) >= 11 is 0. The van der Waals surface area contributed by atoms with Gasteiger partial charge < -0.3 is 15.4 Å². The molecule has 0 atom stereocenters. The molecule has 0 saturated heterocycles. The molecular weight excluding hydrogens is 345 g/mol. The fourth-order valence-electron chi connectivity index (χ4n) is 3.07. The molecule has 0 saturated carbocycles. The van der Waals surface area contributed by atoms with E-state index in [1.54, 1.807) is 19.1 Å². The number of hydrogen-bond acceptors (Lipinski definition) is 2. The van der Waals surface area contributed by atoms with Crippen LogP contribution >= 0.6 is 0 Å². The SMILES string of the molecule is Cc1c(NC(=O)NC2Cc3ccccc3C2)cccc1OCC(F)(F)F. The molecule has 3 rings (SSSR count). The van der Waals surface area contributed by atoms with E-state index in [1.807, 2.05) is 24.3 Å². The predicted octanol–water partition coefficient (Wildman–Crippen LogP) is 4.23. The zero-order chi connectivity index (χ0) is 18.7. The first-order valence-corrected chi connectivity index (χ1v) is 8.25. The molecule has 2 aromatic rings. The summed E-state index contributed by atoms with van der Waals surface area (Å²) in [5.74, 6) is 0.0911. The molecule has 0 aromatic heterocycles. The summed E-state index contributed by atoms with van der Waals surface area (Å²) in [6.45, 7) is 0.233. The van der Waals surface area contributed by atoms with Gasteiger partial charge in [-0.3, -0.25) is 0 Å². The summed E-state index contributed by atoms with van der Waals surface area (Å²) in [7, 11) is 0. The quantitative estimate of drug-likeness (QED) is 0.853. The number of halogens is 3. The second-order valence-electron chi connectivity index (χ2n) is 6.30. The van der Waals surface area contributed by atoms with Crippen molar-refractivity contribution in [1.82, 2.24) is 5.32 Å². The van der Waals surface area contributed by atoms with Crippen LogP contribution in [0.2, 0.25) is 0 Å². The van der Waals surface area contributed by atoms with Crippen molar-refractivity contribution in [2.75, 3.05) is 11.9 Å². The molecule has 0 spiro atoms. The number of hydrogen-bond donors (Lipinski definition) is 2. The third-order valence-corrected chi connectivity index (χ3v) is 4.31. The normalized spacial score (nSPS) is 14.0. The Morgan fingerprint density at radius 3 is 2.38 bits per heavy atom. The molecule has 2 N–H and O–H groups in total. The standard InChI is InChI=1S/C19H19F3N2O2/c1-12-16(7-4-8-17(12)26-11-19(20,21)22)24-18(25)23-15-9-13-5-2-3-6-14(13)10-15/h2-8,15H,9-11H2,1H3,(H2,23,24,25). The molecule has 0 heterocycles. The third kappa shape index (κ3) is 4.47. The Morgan fingerprint density at radius 1 is 1.12 bits per heavy atom. The second-order valence-corrected chi connectivity index (χ2v) is 6.30. The number of anilines is 1. The number of ether oxygens (including phenoxy) is 1. The summed E-state index contributed by atoms with van der Waals surface area (Å²) in [5, 5.41) is 5.60. The van der Waals surface area contributed by atoms with Crippen molar-refractivity contribution in [3.8, 4) is 5.75 Å². The van der Waals surface area contributed by atoms with E-state index in [9.17, 15) is 18.0 Å². The minimum absolute atomic E-state index is 0.00244. The molecule has 0 unspecified atom stereocenters. The molecule has 0 aliphatic heterocycles. The van der Waals surface area contributed by atoms with Crippen LogP contribution < -0.4 is 15.4 Å². The van der Waals surface area contributed by atoms with E-state index in [2.05, 4.69) is 10.6 Å². The fraction of sp³-hybridized carbons (Fsp3) is 0.316. The number of carbonyl (C=O) groups excluding carboxylic acids is 1. The highest BCUT2D eigenvalue weighted by atomic mass is 19.4. The summed E-state index contributed by atoms with van der Waals surface area (Å²) in [6.07, 6.45) is -2.89. The van der Waals surface area contributed by atoms with Crippen LogP contribution in [0.25, 0.3) is 0 Å². The van der Waals surface area contributed by atoms with Gasteiger partial charge in [0.15, 0.2) is 6.61 Å². The Labute approximate surface area is 149 Å². The summed E-state index contributed by atoms with van der Waals surface area (Å²) < 4.78 is 41.8. The number of rotatable bonds is 4. The van der Waals surface area contributed by atoms with Gasteiger partial charge in [0.2, 0.25) is 0 Å². The average Bonchev–Trinajstić information content (AvgIpc) is 2.97. The van der Waals surface area contributed by atoms with Gasteiger partial charge in [0.05, 0.1) is 0 Å². The highest BCUT2D eigenvalue weighted by Crippen LogP contribution is 2.27. The van der Waals surface area contributed by atoms with Gasteiger partial charge in [-0.25, -0.2) is 4.79 Å². The molecule has 0 fully saturated rings. The number of alkyl halides is 3. The number of benzene rings is 2. The molecule has 1 aliphatic carbocycles. The van der Waals surface area contributed by atoms with Crippen LogP contribution in [-0.4, -0.2) is 24.9 Å². The van der Waals surface area contributed by atoms with Gasteiger partial charge in [-0.15, -0.1) is 0 Å². The van der Waals surface area contributed by atoms with Gasteiger partial charge in [0, 0.05) is 17.3 Å². The number of amides is 2. The van der Waals surface area contributed by atoms with Gasteiger partial charge in [0.25, 0.3) is 0 Å². The van der Waals surface area contributed by atoms with Crippen molar-refractivity contribution in [2.45, 2.75) is 32.0 Å². The zero-order valence-electron chi connectivity index (χ0n) is 14.2. The Balaban J connectivity index is 1.60. The van der Waals surface area contributed by atoms with Crippen molar-refractivity contribution in [3.05, 3.63) is 59.2 Å². The molecule has 2 aromatic carbocycles. The van der Waals surface area contributed by atoms with E-state index in [4.69, 9.17) is 4.74 Å². The van der Waals surface area contributed by atoms with Crippen LogP contribution in [-0.2, 0) is 12.8 Å². The van der Waals surface area contributed by atoms with Crippen LogP contribution in [0.15, 0.2) is 42.5 Å². The van der Waals surface area contributed by atoms with Crippen LogP contribution in [0.3, 0.4) is 0 Å². The van der Waals surface area contributed by atoms with E-state index in [1.165, 1.54) is 17.2 Å². The Morgan fingerprint density at radius 2 is 1.77 bits per heavy atom. The van der Waals surface area contributed by atoms with Crippen molar-refractivity contribution < 1.29 is 22.7 Å². The minimum atomic E-state index is -4.41. The molecule has 7 heteroatoms. The van der Waals surface area contributed by atoms with Crippen molar-refractivity contribution in [3.63, 3.8) is 0 Å². The minimum Gasteiger partial charge on any atom is -0.484 e. The molecular formula is C19H19F3N2O2. The highest BCUT2D eigenvalue weighted by Gasteiger charge is 2.29. The Kier molecular flexibility index (Phi) is 5.06. The largest absolute Gasteiger partial charge is 0.484 e. The lowest BCUT2D eigenvalue weighted by atomic mass is 10.1. The average molecular weight is 364 g/mol. The van der Waals surface area contributed by atoms with Crippen molar-refractivity contribution >= 4 is 11.7 Å². The van der Waals surface area contributed by atoms with Crippen LogP contribution in [0.1, 0.15) is 16.7 Å². The molecule has 2 amide bonds. The zero-order valence-corrected chi connectivity index (χ0v) is 14.2. The van der Waals surface area contributed by atoms with E-state index in [-0.39, 0.29) is 17.8 Å². The first-order valence-electron chi connectivity index (χ1n) is 8.25. The summed E-state index contributed by atoms with van der Waals surface area (Å²) in [5.41, 5.74) is 3.30. The van der Waals surface area contributed by atoms with Crippen LogP contribution in [0.4, 0.5) is 23.7 Å². The summed E-state index contributed by atoms with van der Waals surface area (Å²) in [4.78, 5) is 12.3. The van der Waals surface area contributed by atoms with E-state index in [0.29, 0.717) is 11.3 Å². The first-order chi connectivity index (χ1) is 12.3. The highest BCUT2D eigenvalue weighted by molar-refractivity contribution is 5.90. The molecule has 138 valence electrons. The van der Waals surface area contributed by atoms with Gasteiger partial charge >= 0.3 is 12.2 Å². The van der Waals surface area contributed by atoms with Crippen LogP contribution in [0, 0.1) is 6.92 Å². The predicted molar refractivity (Wildman–Crippen MR) is 92.5 cm³/mol. The lowest BCUT2D eigenvalue weighted by Crippen LogP contribution is -2.38. The van der Waals surface area contributed by atoms with E-state index < -0.39 is 12.8 Å². The van der Waals surface area contributed by atoms with Gasteiger partial charge in [-0.1, -0.05) is 30.3 Å². The van der Waals surface area contributed by atoms with Gasteiger partial charge in [-0.05, 0) is 43.0 Å². The first kappa shape index (κ1) is 18.1. The summed E-state index contributed by atoms with van der Waals surface area (Å²) in [6, 6.07) is 12.2. The van der Waals surface area contributed by atoms with Crippen molar-refractivity contribution in [1.29, 1.82) is 0 Å². The molecule has 0 radical (unpaired) electrons. The lowest BCUT2D eigenvalue weighted by molar-refractivity contribution is -0.153. The smallest absolute Gasteiger partial charge is 0.422 e. The van der Waals surface area contributed by atoms with Gasteiger partial charge in [0.1, 0.15) is 5.75 Å². The Hall–Kier alpha value is -2.70. The molecule has 4 nitrogen and oxygen atoms in total. The topological polar surface area (TPSA) is 50.4 Å². The number of nitrogens with one attached hydrogen (secondary N) is 2. The maximum Gasteiger partial charge on any atom is 0.422 e. The van der Waals surface area contributed by atoms with E-state index in [0.717, 1.165) is 12.8 Å². The second kappa shape index (κ2) is 7.27. The Bertz CT molecular complexity index is 781. The third-order valence-electron chi connectivity index (χ3n) is 4.31. The maximum absolute atomic E-state index is 12.3. The van der Waals surface area contributed by atoms with Crippen molar-refractivity contribution in [2.24, 2.45) is 0 Å². The molecule has 0 bridgehead atoms. The van der Waals surface area contributed by atoms with E-state index >= 15 is 0 Å². The maximum atomic E-state index is 12.3. The van der Waals surface area contributed by atoms with Crippen LogP contribution in [0.5, 0.6) is 5.75 Å². The van der Waals surface area contributed by atoms with Gasteiger partial charge in [-0.2, -0.15) is 13.2 Å². The number of carbonyl (C=O) groups is 1. The number of fused-ring (bicyclic) bond motifs is 1. The lowest BCUT2D eigenvalue weighted by Gasteiger charge is -2.16.